The van der Waals surface area contributed by atoms with Crippen LogP contribution in [-0.2, 0) is 4.74 Å². The number of ether oxygens (including phenoxy) is 1. The molecule has 1 fully saturated rings. The second-order valence-corrected chi connectivity index (χ2v) is 4.99. The lowest BCUT2D eigenvalue weighted by Gasteiger charge is -2.12. The summed E-state index contributed by atoms with van der Waals surface area (Å²) >= 11 is 11.8. The summed E-state index contributed by atoms with van der Waals surface area (Å²) in [6.07, 6.45) is 2.08. The lowest BCUT2D eigenvalue weighted by Crippen LogP contribution is -2.32. The molecule has 0 spiro atoms. The molecule has 0 aliphatic carbocycles. The third-order valence-electron chi connectivity index (χ3n) is 2.81. The number of nitrogens with one attached hydrogen (secondary N) is 1. The maximum absolute atomic E-state index is 12.0. The van der Waals surface area contributed by atoms with Crippen LogP contribution in [0.25, 0.3) is 0 Å². The van der Waals surface area contributed by atoms with Crippen molar-refractivity contribution in [3.8, 4) is 0 Å². The van der Waals surface area contributed by atoms with Gasteiger partial charge in [0.2, 0.25) is 0 Å². The van der Waals surface area contributed by atoms with Gasteiger partial charge in [0.05, 0.1) is 21.7 Å². The van der Waals surface area contributed by atoms with E-state index in [4.69, 9.17) is 33.7 Å². The number of benzene rings is 1. The molecule has 0 saturated carbocycles. The fourth-order valence-electron chi connectivity index (χ4n) is 1.88. The standard InChI is InChI=1S/C12H14Cl2N2O2/c13-10-5-7(15)4-9(11(10)14)12(17)16-6-8-2-1-3-18-8/h4-5,8H,1-3,6,15H2,(H,16,17). The van der Waals surface area contributed by atoms with Crippen LogP contribution in [0, 0.1) is 0 Å². The van der Waals surface area contributed by atoms with Crippen molar-refractivity contribution in [1.82, 2.24) is 5.32 Å². The first-order valence-corrected chi connectivity index (χ1v) is 6.48. The van der Waals surface area contributed by atoms with Crippen LogP contribution in [0.15, 0.2) is 12.1 Å². The predicted octanol–water partition coefficient (Wildman–Crippen LogP) is 2.48. The Morgan fingerprint density at radius 3 is 2.94 bits per heavy atom. The first kappa shape index (κ1) is 13.5. The van der Waals surface area contributed by atoms with E-state index < -0.39 is 0 Å². The van der Waals surface area contributed by atoms with Crippen molar-refractivity contribution in [2.45, 2.75) is 18.9 Å². The number of anilines is 1. The van der Waals surface area contributed by atoms with E-state index in [0.29, 0.717) is 17.8 Å². The number of carbonyl (C=O) groups excluding carboxylic acids is 1. The van der Waals surface area contributed by atoms with Crippen LogP contribution < -0.4 is 11.1 Å². The molecule has 1 unspecified atom stereocenters. The van der Waals surface area contributed by atoms with Crippen molar-refractivity contribution in [2.75, 3.05) is 18.9 Å². The van der Waals surface area contributed by atoms with Gasteiger partial charge in [-0.15, -0.1) is 0 Å². The van der Waals surface area contributed by atoms with Gasteiger partial charge in [0.1, 0.15) is 0 Å². The van der Waals surface area contributed by atoms with Crippen LogP contribution in [0.2, 0.25) is 10.0 Å². The van der Waals surface area contributed by atoms with E-state index in [9.17, 15) is 4.79 Å². The van der Waals surface area contributed by atoms with E-state index >= 15 is 0 Å². The van der Waals surface area contributed by atoms with Crippen molar-refractivity contribution in [1.29, 1.82) is 0 Å². The summed E-state index contributed by atoms with van der Waals surface area (Å²) in [5, 5.41) is 3.27. The molecular formula is C12H14Cl2N2O2. The van der Waals surface area contributed by atoms with E-state index in [1.165, 1.54) is 12.1 Å². The molecule has 1 aliphatic rings. The average Bonchev–Trinajstić information content (AvgIpc) is 2.83. The molecule has 1 heterocycles. The van der Waals surface area contributed by atoms with Crippen LogP contribution in [0.3, 0.4) is 0 Å². The Labute approximate surface area is 115 Å². The molecule has 1 saturated heterocycles. The lowest BCUT2D eigenvalue weighted by molar-refractivity contribution is 0.0858. The Morgan fingerprint density at radius 1 is 1.50 bits per heavy atom. The minimum Gasteiger partial charge on any atom is -0.399 e. The summed E-state index contributed by atoms with van der Waals surface area (Å²) in [6, 6.07) is 3.03. The van der Waals surface area contributed by atoms with Crippen molar-refractivity contribution < 1.29 is 9.53 Å². The number of nitrogens with two attached hydrogens (primary N) is 1. The largest absolute Gasteiger partial charge is 0.399 e. The lowest BCUT2D eigenvalue weighted by atomic mass is 10.1. The predicted molar refractivity (Wildman–Crippen MR) is 72.2 cm³/mol. The highest BCUT2D eigenvalue weighted by molar-refractivity contribution is 6.44. The SMILES string of the molecule is Nc1cc(Cl)c(Cl)c(C(=O)NCC2CCCO2)c1. The quantitative estimate of drug-likeness (QED) is 0.840. The van der Waals surface area contributed by atoms with E-state index in [1.54, 1.807) is 0 Å². The third kappa shape index (κ3) is 3.07. The van der Waals surface area contributed by atoms with Gasteiger partial charge < -0.3 is 15.8 Å². The summed E-state index contributed by atoms with van der Waals surface area (Å²) in [7, 11) is 0. The highest BCUT2D eigenvalue weighted by Gasteiger charge is 2.18. The molecule has 3 N–H and O–H groups in total. The van der Waals surface area contributed by atoms with Crippen LogP contribution in [0.5, 0.6) is 0 Å². The molecular weight excluding hydrogens is 275 g/mol. The summed E-state index contributed by atoms with van der Waals surface area (Å²) in [6.45, 7) is 1.23. The van der Waals surface area contributed by atoms with Crippen molar-refractivity contribution in [3.63, 3.8) is 0 Å². The maximum atomic E-state index is 12.0. The van der Waals surface area contributed by atoms with Gasteiger partial charge in [0.25, 0.3) is 5.91 Å². The van der Waals surface area contributed by atoms with Gasteiger partial charge in [0.15, 0.2) is 0 Å². The number of halogens is 2. The highest BCUT2D eigenvalue weighted by Crippen LogP contribution is 2.28. The van der Waals surface area contributed by atoms with Gasteiger partial charge in [-0.05, 0) is 25.0 Å². The molecule has 2 rings (SSSR count). The Balaban J connectivity index is 2.04. The van der Waals surface area contributed by atoms with Gasteiger partial charge in [-0.2, -0.15) is 0 Å². The highest BCUT2D eigenvalue weighted by atomic mass is 35.5. The van der Waals surface area contributed by atoms with E-state index in [0.717, 1.165) is 19.4 Å². The van der Waals surface area contributed by atoms with Crippen LogP contribution in [-0.4, -0.2) is 25.2 Å². The summed E-state index contributed by atoms with van der Waals surface area (Å²) in [4.78, 5) is 12.0. The number of hydrogen-bond donors (Lipinski definition) is 2. The molecule has 0 radical (unpaired) electrons. The zero-order valence-corrected chi connectivity index (χ0v) is 11.2. The Hall–Kier alpha value is -0.970. The zero-order chi connectivity index (χ0) is 13.1. The monoisotopic (exact) mass is 288 g/mol. The Bertz CT molecular complexity index is 460. The Morgan fingerprint density at radius 2 is 2.28 bits per heavy atom. The number of carbonyl (C=O) groups is 1. The first-order chi connectivity index (χ1) is 8.58. The smallest absolute Gasteiger partial charge is 0.253 e. The Kier molecular flexibility index (Phi) is 4.32. The molecule has 1 aliphatic heterocycles. The average molecular weight is 289 g/mol. The van der Waals surface area contributed by atoms with Crippen LogP contribution >= 0.6 is 23.2 Å². The molecule has 1 amide bonds. The fourth-order valence-corrected chi connectivity index (χ4v) is 2.31. The first-order valence-electron chi connectivity index (χ1n) is 5.72. The van der Waals surface area contributed by atoms with Crippen molar-refractivity contribution in [3.05, 3.63) is 27.7 Å². The number of nitrogen functional groups attached to an aromatic ring is 1. The molecule has 0 aromatic heterocycles. The summed E-state index contributed by atoms with van der Waals surface area (Å²) in [5.41, 5.74) is 6.34. The number of amides is 1. The molecule has 1 aromatic rings. The fraction of sp³-hybridized carbons (Fsp3) is 0.417. The molecule has 98 valence electrons. The second-order valence-electron chi connectivity index (χ2n) is 4.21. The van der Waals surface area contributed by atoms with E-state index in [-0.39, 0.29) is 22.1 Å². The number of rotatable bonds is 3. The summed E-state index contributed by atoms with van der Waals surface area (Å²) < 4.78 is 5.42. The maximum Gasteiger partial charge on any atom is 0.253 e. The van der Waals surface area contributed by atoms with Crippen LogP contribution in [0.1, 0.15) is 23.2 Å². The van der Waals surface area contributed by atoms with Gasteiger partial charge >= 0.3 is 0 Å². The topological polar surface area (TPSA) is 64.4 Å². The third-order valence-corrected chi connectivity index (χ3v) is 3.61. The zero-order valence-electron chi connectivity index (χ0n) is 9.71. The molecule has 6 heteroatoms. The normalized spacial score (nSPS) is 18.9. The van der Waals surface area contributed by atoms with Crippen molar-refractivity contribution in [2.24, 2.45) is 0 Å². The van der Waals surface area contributed by atoms with Gasteiger partial charge in [-0.1, -0.05) is 23.2 Å². The second kappa shape index (κ2) is 5.78. The van der Waals surface area contributed by atoms with Gasteiger partial charge in [-0.3, -0.25) is 4.79 Å². The molecule has 1 atom stereocenters. The summed E-state index contributed by atoms with van der Waals surface area (Å²) in [5.74, 6) is -0.287. The van der Waals surface area contributed by atoms with Gasteiger partial charge in [-0.25, -0.2) is 0 Å². The van der Waals surface area contributed by atoms with Gasteiger partial charge in [0, 0.05) is 18.8 Å². The van der Waals surface area contributed by atoms with Crippen LogP contribution in [0.4, 0.5) is 5.69 Å². The molecule has 18 heavy (non-hydrogen) atoms. The van der Waals surface area contributed by atoms with Crippen molar-refractivity contribution >= 4 is 34.8 Å². The molecule has 4 nitrogen and oxygen atoms in total. The molecule has 0 bridgehead atoms. The number of hydrogen-bond acceptors (Lipinski definition) is 3. The van der Waals surface area contributed by atoms with E-state index in [1.807, 2.05) is 0 Å². The molecule has 1 aromatic carbocycles. The minimum absolute atomic E-state index is 0.0873. The van der Waals surface area contributed by atoms with E-state index in [2.05, 4.69) is 5.32 Å². The minimum atomic E-state index is -0.287.